The van der Waals surface area contributed by atoms with Crippen LogP contribution < -0.4 is 9.49 Å². The van der Waals surface area contributed by atoms with E-state index in [1.165, 1.54) is 17.0 Å². The zero-order valence-corrected chi connectivity index (χ0v) is 20.2. The fourth-order valence-corrected chi connectivity index (χ4v) is 6.60. The van der Waals surface area contributed by atoms with Gasteiger partial charge in [-0.1, -0.05) is 18.2 Å². The number of rotatable bonds is 5. The van der Waals surface area contributed by atoms with Gasteiger partial charge < -0.3 is 4.18 Å². The van der Waals surface area contributed by atoms with Gasteiger partial charge in [-0.2, -0.15) is 13.4 Å². The van der Waals surface area contributed by atoms with Crippen LogP contribution in [-0.2, 0) is 34.8 Å². The molecule has 4 aromatic rings. The van der Waals surface area contributed by atoms with Crippen molar-refractivity contribution in [3.63, 3.8) is 0 Å². The van der Waals surface area contributed by atoms with Crippen molar-refractivity contribution in [2.45, 2.75) is 37.0 Å². The Bertz CT molecular complexity index is 1410. The molecule has 0 bridgehead atoms. The smallest absolute Gasteiger partial charge is 0.340 e. The van der Waals surface area contributed by atoms with E-state index >= 15 is 0 Å². The number of nitrogens with zero attached hydrogens (tertiary/aromatic N) is 3. The van der Waals surface area contributed by atoms with Crippen molar-refractivity contribution in [3.8, 4) is 17.3 Å². The second-order valence-electron chi connectivity index (χ2n) is 7.46. The molecule has 0 aliphatic heterocycles. The molecule has 1 aliphatic rings. The molecule has 0 fully saturated rings. The molecule has 0 atom stereocenters. The number of aromatic nitrogens is 3. The minimum atomic E-state index is -4.08. The van der Waals surface area contributed by atoms with Crippen LogP contribution in [0.3, 0.4) is 0 Å². The van der Waals surface area contributed by atoms with Crippen LogP contribution in [0.25, 0.3) is 21.6 Å². The van der Waals surface area contributed by atoms with Crippen molar-refractivity contribution in [1.29, 1.82) is 0 Å². The lowest BCUT2D eigenvalue weighted by Crippen LogP contribution is -2.12. The van der Waals surface area contributed by atoms with Crippen LogP contribution >= 0.6 is 18.7 Å². The molecule has 0 unspecified atom stereocenters. The van der Waals surface area contributed by atoms with E-state index in [1.54, 1.807) is 48.0 Å². The summed E-state index contributed by atoms with van der Waals surface area (Å²) in [6.45, 7) is 0. The summed E-state index contributed by atoms with van der Waals surface area (Å²) >= 11 is 6.61. The van der Waals surface area contributed by atoms with E-state index in [2.05, 4.69) is 9.97 Å². The van der Waals surface area contributed by atoms with E-state index < -0.39 is 10.1 Å². The van der Waals surface area contributed by atoms with Crippen LogP contribution in [0.5, 0.6) is 5.88 Å². The lowest BCUT2D eigenvalue weighted by atomic mass is 10.1. The van der Waals surface area contributed by atoms with Crippen LogP contribution in [-0.4, -0.2) is 23.4 Å². The van der Waals surface area contributed by atoms with Gasteiger partial charge in [0.15, 0.2) is 5.82 Å². The van der Waals surface area contributed by atoms with Crippen LogP contribution in [0, 0.1) is 0 Å². The van der Waals surface area contributed by atoms with E-state index in [9.17, 15) is 8.42 Å². The van der Waals surface area contributed by atoms with Gasteiger partial charge in [-0.15, -0.1) is 11.3 Å². The van der Waals surface area contributed by atoms with E-state index in [0.29, 0.717) is 18.6 Å². The number of hydrogen-bond acceptors (Lipinski definition) is 8. The fourth-order valence-electron chi connectivity index (χ4n) is 3.82. The van der Waals surface area contributed by atoms with Gasteiger partial charge in [0.1, 0.15) is 9.73 Å². The molecule has 10 heteroatoms. The molecule has 0 spiro atoms. The minimum absolute atomic E-state index is 0.0680. The molecule has 6 nitrogen and oxygen atoms in total. The maximum atomic E-state index is 13.1. The summed E-state index contributed by atoms with van der Waals surface area (Å²) in [5.41, 5.74) is 1.87. The van der Waals surface area contributed by atoms with E-state index in [-0.39, 0.29) is 10.8 Å². The predicted molar refractivity (Wildman–Crippen MR) is 130 cm³/mol. The topological polar surface area (TPSA) is 82.0 Å². The highest BCUT2D eigenvalue weighted by Gasteiger charge is 2.26. The molecule has 0 radical (unpaired) electrons. The zero-order chi connectivity index (χ0) is 22.1. The summed E-state index contributed by atoms with van der Waals surface area (Å²) in [6.07, 6.45) is 8.48. The lowest BCUT2D eigenvalue weighted by molar-refractivity contribution is 0.479. The zero-order valence-electron chi connectivity index (χ0n) is 16.9. The standard InChI is InChI=1S/C22H18N3O3PS3/c26-32(27,16-8-6-15(29-30)7-9-16)28-21-19-17-4-2-1-3-5-18(17)31-22(19)25-20(24-21)14-10-12-23-13-11-14/h6-13H,1-5H2. The Kier molecular flexibility index (Phi) is 5.99. The summed E-state index contributed by atoms with van der Waals surface area (Å²) in [6, 6.07) is 10.0. The molecule has 0 saturated carbocycles. The Hall–Kier alpha value is -2.32. The first-order valence-electron chi connectivity index (χ1n) is 10.2. The monoisotopic (exact) mass is 499 g/mol. The minimum Gasteiger partial charge on any atom is -0.357 e. The summed E-state index contributed by atoms with van der Waals surface area (Å²) in [7, 11) is -3.42. The maximum absolute atomic E-state index is 13.1. The van der Waals surface area contributed by atoms with Crippen molar-refractivity contribution < 1.29 is 12.6 Å². The van der Waals surface area contributed by atoms with Gasteiger partial charge in [-0.25, -0.2) is 4.98 Å². The largest absolute Gasteiger partial charge is 0.357 e. The summed E-state index contributed by atoms with van der Waals surface area (Å²) in [4.78, 5) is 15.4. The molecular formula is C22H18N3O3PS3. The summed E-state index contributed by atoms with van der Waals surface area (Å²) in [5, 5.41) is 1.57. The predicted octanol–water partition coefficient (Wildman–Crippen LogP) is 4.82. The number of pyridine rings is 1. The number of thiophene rings is 1. The lowest BCUT2D eigenvalue weighted by Gasteiger charge is -2.10. The van der Waals surface area contributed by atoms with E-state index in [1.807, 2.05) is 0 Å². The van der Waals surface area contributed by atoms with Gasteiger partial charge >= 0.3 is 10.1 Å². The average molecular weight is 500 g/mol. The van der Waals surface area contributed by atoms with Crippen LogP contribution in [0.1, 0.15) is 29.7 Å². The highest BCUT2D eigenvalue weighted by Crippen LogP contribution is 2.40. The van der Waals surface area contributed by atoms with Gasteiger partial charge in [0.05, 0.1) is 5.39 Å². The Morgan fingerprint density at radius 1 is 0.969 bits per heavy atom. The van der Waals surface area contributed by atoms with Crippen molar-refractivity contribution in [3.05, 3.63) is 59.2 Å². The summed E-state index contributed by atoms with van der Waals surface area (Å²) in [5.74, 6) is 0.508. The first kappa shape index (κ1) is 21.5. The van der Waals surface area contributed by atoms with Crippen molar-refractivity contribution in [1.82, 2.24) is 15.0 Å². The van der Waals surface area contributed by atoms with Gasteiger partial charge in [0, 0.05) is 35.5 Å². The average Bonchev–Trinajstić information content (AvgIpc) is 3.01. The molecule has 162 valence electrons. The highest BCUT2D eigenvalue weighted by molar-refractivity contribution is 7.99. The maximum Gasteiger partial charge on any atom is 0.340 e. The quantitative estimate of drug-likeness (QED) is 0.221. The van der Waals surface area contributed by atoms with E-state index in [0.717, 1.165) is 53.4 Å². The number of aryl methyl sites for hydroxylation is 2. The molecule has 3 aromatic heterocycles. The van der Waals surface area contributed by atoms with Gasteiger partial charge in [0.2, 0.25) is 5.88 Å². The Balaban J connectivity index is 1.67. The molecule has 0 N–H and O–H groups in total. The van der Waals surface area contributed by atoms with Crippen LogP contribution in [0.2, 0.25) is 0 Å². The molecule has 0 saturated heterocycles. The first-order chi connectivity index (χ1) is 15.5. The second-order valence-corrected chi connectivity index (χ2v) is 11.3. The van der Waals surface area contributed by atoms with Crippen LogP contribution in [0.15, 0.2) is 53.7 Å². The second kappa shape index (κ2) is 8.90. The molecular weight excluding hydrogens is 481 g/mol. The van der Waals surface area contributed by atoms with Crippen molar-refractivity contribution in [2.24, 2.45) is 0 Å². The van der Waals surface area contributed by atoms with Gasteiger partial charge in [-0.3, -0.25) is 4.98 Å². The Morgan fingerprint density at radius 2 is 1.72 bits per heavy atom. The van der Waals surface area contributed by atoms with Crippen molar-refractivity contribution >= 4 is 56.1 Å². The van der Waals surface area contributed by atoms with E-state index in [4.69, 9.17) is 21.0 Å². The first-order valence-corrected chi connectivity index (χ1v) is 14.3. The third-order valence-corrected chi connectivity index (χ3v) is 8.94. The van der Waals surface area contributed by atoms with Gasteiger partial charge in [-0.05, 0) is 67.6 Å². The van der Waals surface area contributed by atoms with Crippen molar-refractivity contribution in [2.75, 3.05) is 0 Å². The third-order valence-electron chi connectivity index (χ3n) is 5.39. The Labute approximate surface area is 196 Å². The number of hydrogen-bond donors (Lipinski definition) is 0. The fraction of sp³-hybridized carbons (Fsp3) is 0.227. The molecule has 5 rings (SSSR count). The highest BCUT2D eigenvalue weighted by atomic mass is 32.4. The molecule has 3 heterocycles. The molecule has 1 aromatic carbocycles. The summed E-state index contributed by atoms with van der Waals surface area (Å²) < 4.78 is 32.0. The molecule has 32 heavy (non-hydrogen) atoms. The Morgan fingerprint density at radius 3 is 2.47 bits per heavy atom. The molecule has 0 amide bonds. The third kappa shape index (κ3) is 4.18. The van der Waals surface area contributed by atoms with Gasteiger partial charge in [0.25, 0.3) is 0 Å². The number of benzene rings is 1. The van der Waals surface area contributed by atoms with Crippen LogP contribution in [0.4, 0.5) is 0 Å². The SMILES string of the molecule is O=S(=O)(Oc1nc(-c2ccncc2)nc2sc3c(c12)CCCCC3)c1ccc(P=S)cc1. The normalized spacial score (nSPS) is 14.2. The number of fused-ring (bicyclic) bond motifs is 3. The molecule has 1 aliphatic carbocycles.